The molecule has 0 radical (unpaired) electrons. The van der Waals surface area contributed by atoms with Crippen molar-refractivity contribution in [2.45, 2.75) is 18.1 Å². The summed E-state index contributed by atoms with van der Waals surface area (Å²) < 4.78 is 5.89. The first-order valence-corrected chi connectivity index (χ1v) is 9.20. The second-order valence-electron chi connectivity index (χ2n) is 5.36. The Morgan fingerprint density at radius 3 is 2.48 bits per heavy atom. The fourth-order valence-corrected chi connectivity index (χ4v) is 4.22. The molecule has 0 atom stereocenters. The number of benzene rings is 2. The van der Waals surface area contributed by atoms with Crippen molar-refractivity contribution in [2.75, 3.05) is 5.75 Å². The molecule has 0 unspecified atom stereocenters. The Bertz CT molecular complexity index is 798. The minimum atomic E-state index is 0. The first-order chi connectivity index (χ1) is 10.8. The highest BCUT2D eigenvalue weighted by atomic mass is 79.9. The molecule has 1 aliphatic heterocycles. The molecule has 0 fully saturated rings. The van der Waals surface area contributed by atoms with Crippen molar-refractivity contribution in [3.8, 4) is 16.9 Å². The lowest BCUT2D eigenvalue weighted by Gasteiger charge is -2.10. The van der Waals surface area contributed by atoms with Crippen molar-refractivity contribution in [3.63, 3.8) is 0 Å². The van der Waals surface area contributed by atoms with Crippen molar-refractivity contribution < 1.29 is 21.5 Å². The maximum Gasteiger partial charge on any atom is 0.323 e. The minimum absolute atomic E-state index is 0. The van der Waals surface area contributed by atoms with Gasteiger partial charge in [0.15, 0.2) is 5.69 Å². The summed E-state index contributed by atoms with van der Waals surface area (Å²) >= 11 is 5.46. The van der Waals surface area contributed by atoms with Crippen LogP contribution in [0.5, 0.6) is 0 Å². The second kappa shape index (κ2) is 7.24. The van der Waals surface area contributed by atoms with Crippen LogP contribution in [0.15, 0.2) is 70.4 Å². The van der Waals surface area contributed by atoms with Gasteiger partial charge in [-0.1, -0.05) is 34.1 Å². The number of aromatic nitrogens is 2. The Morgan fingerprint density at radius 2 is 1.74 bits per heavy atom. The molecule has 0 saturated heterocycles. The van der Waals surface area contributed by atoms with E-state index in [9.17, 15) is 0 Å². The molecule has 118 valence electrons. The first-order valence-electron chi connectivity index (χ1n) is 7.42. The summed E-state index contributed by atoms with van der Waals surface area (Å²) in [7, 11) is 0. The van der Waals surface area contributed by atoms with Crippen molar-refractivity contribution in [3.05, 3.63) is 65.3 Å². The van der Waals surface area contributed by atoms with Gasteiger partial charge < -0.3 is 17.0 Å². The van der Waals surface area contributed by atoms with E-state index in [1.165, 1.54) is 34.3 Å². The zero-order chi connectivity index (χ0) is 14.9. The molecule has 1 aromatic heterocycles. The number of imidazole rings is 1. The van der Waals surface area contributed by atoms with Gasteiger partial charge in [0.05, 0.1) is 6.54 Å². The van der Waals surface area contributed by atoms with E-state index in [-0.39, 0.29) is 17.0 Å². The standard InChI is InChI=1S/C18H16BrN2S.BrH/c19-15-9-7-14(8-10-15)17-13-21(16-5-2-1-3-6-16)18-20(17)11-4-12-22-18;/h1-3,5-10,13H,4,11-12H2;1H/q+1;/p-1. The van der Waals surface area contributed by atoms with Gasteiger partial charge in [0.25, 0.3) is 0 Å². The number of hydrogen-bond donors (Lipinski definition) is 0. The summed E-state index contributed by atoms with van der Waals surface area (Å²) in [6, 6.07) is 19.2. The molecule has 2 heterocycles. The van der Waals surface area contributed by atoms with Gasteiger partial charge in [0.2, 0.25) is 0 Å². The molecule has 0 bridgehead atoms. The highest BCUT2D eigenvalue weighted by molar-refractivity contribution is 9.10. The summed E-state index contributed by atoms with van der Waals surface area (Å²) in [5.74, 6) is 1.19. The van der Waals surface area contributed by atoms with E-state index in [0.717, 1.165) is 11.0 Å². The lowest BCUT2D eigenvalue weighted by molar-refractivity contribution is -0.724. The molecule has 1 aliphatic rings. The van der Waals surface area contributed by atoms with Crippen LogP contribution in [0, 0.1) is 0 Å². The van der Waals surface area contributed by atoms with E-state index in [2.05, 4.69) is 85.9 Å². The van der Waals surface area contributed by atoms with E-state index >= 15 is 0 Å². The number of nitrogens with zero attached hydrogens (tertiary/aromatic N) is 2. The largest absolute Gasteiger partial charge is 1.00 e. The van der Waals surface area contributed by atoms with Gasteiger partial charge in [0.1, 0.15) is 11.9 Å². The molecule has 0 N–H and O–H groups in total. The lowest BCUT2D eigenvalue weighted by Crippen LogP contribution is -3.00. The molecule has 0 amide bonds. The summed E-state index contributed by atoms with van der Waals surface area (Å²) in [4.78, 5) is 0. The molecule has 0 saturated carbocycles. The molecule has 2 nitrogen and oxygen atoms in total. The fourth-order valence-electron chi connectivity index (χ4n) is 2.85. The number of rotatable bonds is 2. The fraction of sp³-hybridized carbons (Fsp3) is 0.167. The maximum absolute atomic E-state index is 3.52. The Labute approximate surface area is 159 Å². The van der Waals surface area contributed by atoms with E-state index < -0.39 is 0 Å². The van der Waals surface area contributed by atoms with Gasteiger partial charge in [-0.3, -0.25) is 0 Å². The highest BCUT2D eigenvalue weighted by Gasteiger charge is 2.28. The molecule has 0 spiro atoms. The predicted octanol–water partition coefficient (Wildman–Crippen LogP) is 1.69. The monoisotopic (exact) mass is 450 g/mol. The van der Waals surface area contributed by atoms with E-state index in [1.807, 2.05) is 11.8 Å². The van der Waals surface area contributed by atoms with E-state index in [4.69, 9.17) is 0 Å². The van der Waals surface area contributed by atoms with Crippen molar-refractivity contribution in [2.24, 2.45) is 0 Å². The second-order valence-corrected chi connectivity index (χ2v) is 7.34. The van der Waals surface area contributed by atoms with Gasteiger partial charge in [-0.25, -0.2) is 4.57 Å². The summed E-state index contributed by atoms with van der Waals surface area (Å²) in [5, 5.41) is 1.33. The molecule has 5 heteroatoms. The van der Waals surface area contributed by atoms with Gasteiger partial charge in [0, 0.05) is 15.8 Å². The van der Waals surface area contributed by atoms with Gasteiger partial charge >= 0.3 is 5.16 Å². The maximum atomic E-state index is 3.52. The molecule has 4 rings (SSSR count). The number of fused-ring (bicyclic) bond motifs is 1. The van der Waals surface area contributed by atoms with E-state index in [0.29, 0.717) is 0 Å². The smallest absolute Gasteiger partial charge is 0.323 e. The number of thioether (sulfide) groups is 1. The van der Waals surface area contributed by atoms with Crippen LogP contribution in [0.2, 0.25) is 0 Å². The number of para-hydroxylation sites is 1. The average molecular weight is 452 g/mol. The Hall–Kier alpha value is -1.04. The van der Waals surface area contributed by atoms with Crippen molar-refractivity contribution in [1.29, 1.82) is 0 Å². The zero-order valence-corrected chi connectivity index (χ0v) is 16.4. The third kappa shape index (κ3) is 3.28. The predicted molar refractivity (Wildman–Crippen MR) is 94.4 cm³/mol. The molecule has 23 heavy (non-hydrogen) atoms. The van der Waals surface area contributed by atoms with Gasteiger partial charge in [-0.05, 0) is 54.6 Å². The third-order valence-corrected chi connectivity index (χ3v) is 5.61. The molecule has 0 aliphatic carbocycles. The van der Waals surface area contributed by atoms with Crippen LogP contribution in [0.3, 0.4) is 0 Å². The molecule has 2 aromatic carbocycles. The highest BCUT2D eigenvalue weighted by Crippen LogP contribution is 2.29. The van der Waals surface area contributed by atoms with E-state index in [1.54, 1.807) is 0 Å². The van der Waals surface area contributed by atoms with Crippen molar-refractivity contribution >= 4 is 27.7 Å². The SMILES string of the molecule is Brc1ccc(-c2cn(-c3ccccc3)c3[n+]2CCCS3)cc1.[Br-]. The van der Waals surface area contributed by atoms with Crippen LogP contribution < -0.4 is 21.5 Å². The van der Waals surface area contributed by atoms with Gasteiger partial charge in [-0.2, -0.15) is 4.57 Å². The summed E-state index contributed by atoms with van der Waals surface area (Å²) in [6.07, 6.45) is 3.50. The van der Waals surface area contributed by atoms with Crippen LogP contribution in [-0.4, -0.2) is 10.3 Å². The molecular formula is C18H16Br2N2S. The zero-order valence-electron chi connectivity index (χ0n) is 12.5. The van der Waals surface area contributed by atoms with Crippen LogP contribution in [0.1, 0.15) is 6.42 Å². The quantitative estimate of drug-likeness (QED) is 0.538. The minimum Gasteiger partial charge on any atom is -1.00 e. The normalized spacial score (nSPS) is 13.3. The van der Waals surface area contributed by atoms with Crippen LogP contribution in [-0.2, 0) is 6.54 Å². The third-order valence-electron chi connectivity index (χ3n) is 3.91. The lowest BCUT2D eigenvalue weighted by atomic mass is 10.1. The van der Waals surface area contributed by atoms with Crippen LogP contribution >= 0.6 is 27.7 Å². The molecular weight excluding hydrogens is 436 g/mol. The number of hydrogen-bond acceptors (Lipinski definition) is 1. The Morgan fingerprint density at radius 1 is 1.00 bits per heavy atom. The number of halogens is 2. The summed E-state index contributed by atoms with van der Waals surface area (Å²) in [6.45, 7) is 1.09. The Balaban J connectivity index is 0.00000156. The topological polar surface area (TPSA) is 8.81 Å². The van der Waals surface area contributed by atoms with Crippen molar-refractivity contribution in [1.82, 2.24) is 4.57 Å². The summed E-state index contributed by atoms with van der Waals surface area (Å²) in [5.41, 5.74) is 3.78. The van der Waals surface area contributed by atoms with Gasteiger partial charge in [-0.15, -0.1) is 0 Å². The average Bonchev–Trinajstić information content (AvgIpc) is 2.96. The Kier molecular flexibility index (Phi) is 5.29. The molecule has 3 aromatic rings. The first kappa shape index (κ1) is 16.8. The van der Waals surface area contributed by atoms with Crippen LogP contribution in [0.25, 0.3) is 16.9 Å². The van der Waals surface area contributed by atoms with Crippen LogP contribution in [0.4, 0.5) is 0 Å².